The second-order valence-corrected chi connectivity index (χ2v) is 9.51. The Bertz CT molecular complexity index is 716. The highest BCUT2D eigenvalue weighted by atomic mass is 16.5. The Hall–Kier alpha value is -1.71. The number of nitrogens with one attached hydrogen (secondary N) is 2. The van der Waals surface area contributed by atoms with Gasteiger partial charge in [0.2, 0.25) is 0 Å². The van der Waals surface area contributed by atoms with Gasteiger partial charge in [-0.25, -0.2) is 4.99 Å². The second-order valence-electron chi connectivity index (χ2n) is 9.51. The van der Waals surface area contributed by atoms with Crippen LogP contribution in [0.25, 0.3) is 0 Å². The molecule has 180 valence electrons. The van der Waals surface area contributed by atoms with E-state index in [-0.39, 0.29) is 0 Å². The van der Waals surface area contributed by atoms with E-state index in [4.69, 9.17) is 9.73 Å². The van der Waals surface area contributed by atoms with Crippen LogP contribution in [-0.2, 0) is 18.3 Å². The molecule has 3 aliphatic rings. The summed E-state index contributed by atoms with van der Waals surface area (Å²) in [5, 5.41) is 15.7. The van der Waals surface area contributed by atoms with Gasteiger partial charge in [0.25, 0.3) is 0 Å². The average Bonchev–Trinajstić information content (AvgIpc) is 3.16. The fourth-order valence-corrected chi connectivity index (χ4v) is 5.10. The molecule has 9 heteroatoms. The number of guanidine groups is 1. The van der Waals surface area contributed by atoms with Crippen LogP contribution in [-0.4, -0.2) is 95.1 Å². The van der Waals surface area contributed by atoms with Gasteiger partial charge in [-0.2, -0.15) is 0 Å². The molecule has 1 aromatic rings. The number of aliphatic imine (C=N–C) groups is 1. The molecule has 4 rings (SSSR count). The standard InChI is InChI=1S/C23H42N8O/c1-19-27-28-22(29(19)2)18-25-23(24-10-13-30-14-16-32-17-15-30)26-20-8-11-31(12-9-20)21-6-4-3-5-7-21/h20-21H,3-18H2,1-2H3,(H2,24,25,26). The monoisotopic (exact) mass is 446 g/mol. The number of hydrogen-bond acceptors (Lipinski definition) is 6. The van der Waals surface area contributed by atoms with Crippen LogP contribution in [0.15, 0.2) is 4.99 Å². The first-order valence-corrected chi connectivity index (χ1v) is 12.6. The predicted molar refractivity (Wildman–Crippen MR) is 127 cm³/mol. The Balaban J connectivity index is 1.29. The number of nitrogens with zero attached hydrogens (tertiary/aromatic N) is 6. The first-order chi connectivity index (χ1) is 15.7. The maximum Gasteiger partial charge on any atom is 0.191 e. The molecule has 2 N–H and O–H groups in total. The predicted octanol–water partition coefficient (Wildman–Crippen LogP) is 1.29. The van der Waals surface area contributed by atoms with Crippen molar-refractivity contribution < 1.29 is 4.74 Å². The number of aromatic nitrogens is 3. The fourth-order valence-electron chi connectivity index (χ4n) is 5.10. The number of piperidine rings is 1. The molecule has 0 bridgehead atoms. The Morgan fingerprint density at radius 1 is 1.03 bits per heavy atom. The van der Waals surface area contributed by atoms with Gasteiger partial charge in [0.1, 0.15) is 12.4 Å². The van der Waals surface area contributed by atoms with Crippen molar-refractivity contribution in [3.05, 3.63) is 11.6 Å². The van der Waals surface area contributed by atoms with Gasteiger partial charge in [-0.3, -0.25) is 4.90 Å². The van der Waals surface area contributed by atoms with Crippen LogP contribution in [0.1, 0.15) is 56.6 Å². The molecule has 1 aromatic heterocycles. The molecule has 3 fully saturated rings. The van der Waals surface area contributed by atoms with Gasteiger partial charge in [0.15, 0.2) is 11.8 Å². The van der Waals surface area contributed by atoms with Gasteiger partial charge < -0.3 is 24.8 Å². The van der Waals surface area contributed by atoms with E-state index < -0.39 is 0 Å². The summed E-state index contributed by atoms with van der Waals surface area (Å²) in [4.78, 5) is 10.1. The molecule has 0 aromatic carbocycles. The van der Waals surface area contributed by atoms with Gasteiger partial charge >= 0.3 is 0 Å². The van der Waals surface area contributed by atoms with Crippen molar-refractivity contribution >= 4 is 5.96 Å². The van der Waals surface area contributed by atoms with E-state index in [1.54, 1.807) is 0 Å². The summed E-state index contributed by atoms with van der Waals surface area (Å²) >= 11 is 0. The van der Waals surface area contributed by atoms with Crippen LogP contribution in [0, 0.1) is 6.92 Å². The van der Waals surface area contributed by atoms with Crippen molar-refractivity contribution in [1.82, 2.24) is 35.2 Å². The van der Waals surface area contributed by atoms with Gasteiger partial charge in [0, 0.05) is 58.4 Å². The maximum atomic E-state index is 5.46. The highest BCUT2D eigenvalue weighted by molar-refractivity contribution is 5.80. The lowest BCUT2D eigenvalue weighted by Crippen LogP contribution is -2.52. The minimum absolute atomic E-state index is 0.478. The molecule has 0 unspecified atom stereocenters. The third-order valence-electron chi connectivity index (χ3n) is 7.35. The summed E-state index contributed by atoms with van der Waals surface area (Å²) in [6, 6.07) is 1.30. The minimum Gasteiger partial charge on any atom is -0.379 e. The molecular formula is C23H42N8O. The lowest BCUT2D eigenvalue weighted by Gasteiger charge is -2.39. The van der Waals surface area contributed by atoms with Gasteiger partial charge in [-0.1, -0.05) is 19.3 Å². The van der Waals surface area contributed by atoms with Gasteiger partial charge in [0.05, 0.1) is 13.2 Å². The van der Waals surface area contributed by atoms with Crippen LogP contribution in [0.2, 0.25) is 0 Å². The molecule has 2 saturated heterocycles. The zero-order valence-electron chi connectivity index (χ0n) is 20.1. The number of rotatable bonds is 7. The molecule has 0 atom stereocenters. The molecule has 0 radical (unpaired) electrons. The molecule has 0 amide bonds. The number of aryl methyl sites for hydroxylation is 1. The van der Waals surface area contributed by atoms with Crippen molar-refractivity contribution in [2.75, 3.05) is 52.5 Å². The van der Waals surface area contributed by atoms with Crippen molar-refractivity contribution in [1.29, 1.82) is 0 Å². The maximum absolute atomic E-state index is 5.46. The third-order valence-corrected chi connectivity index (χ3v) is 7.35. The summed E-state index contributed by atoms with van der Waals surface area (Å²) in [5.41, 5.74) is 0. The highest BCUT2D eigenvalue weighted by Crippen LogP contribution is 2.25. The Morgan fingerprint density at radius 2 is 1.78 bits per heavy atom. The van der Waals surface area contributed by atoms with E-state index >= 15 is 0 Å². The van der Waals surface area contributed by atoms with Crippen molar-refractivity contribution in [3.63, 3.8) is 0 Å². The zero-order chi connectivity index (χ0) is 22.2. The number of ether oxygens (including phenoxy) is 1. The van der Waals surface area contributed by atoms with E-state index in [1.165, 1.54) is 58.0 Å². The van der Waals surface area contributed by atoms with E-state index in [2.05, 4.69) is 30.6 Å². The molecule has 9 nitrogen and oxygen atoms in total. The third kappa shape index (κ3) is 6.65. The summed E-state index contributed by atoms with van der Waals surface area (Å²) < 4.78 is 7.47. The van der Waals surface area contributed by atoms with Crippen molar-refractivity contribution in [3.8, 4) is 0 Å². The van der Waals surface area contributed by atoms with Crippen LogP contribution in [0.4, 0.5) is 0 Å². The highest BCUT2D eigenvalue weighted by Gasteiger charge is 2.26. The number of likely N-dealkylation sites (tertiary alicyclic amines) is 1. The summed E-state index contributed by atoms with van der Waals surface area (Å²) in [7, 11) is 2.00. The Labute approximate surface area is 193 Å². The van der Waals surface area contributed by atoms with Crippen LogP contribution in [0.3, 0.4) is 0 Å². The number of hydrogen-bond donors (Lipinski definition) is 2. The lowest BCUT2D eigenvalue weighted by atomic mass is 9.92. The smallest absolute Gasteiger partial charge is 0.191 e. The topological polar surface area (TPSA) is 82.8 Å². The quantitative estimate of drug-likeness (QED) is 0.482. The average molecular weight is 447 g/mol. The summed E-state index contributed by atoms with van der Waals surface area (Å²) in [6.45, 7) is 10.5. The SMILES string of the molecule is Cc1nnc(CN=C(NCCN2CCOCC2)NC2CCN(C3CCCCC3)CC2)n1C. The molecular weight excluding hydrogens is 404 g/mol. The second kappa shape index (κ2) is 12.0. The Kier molecular flexibility index (Phi) is 8.76. The Morgan fingerprint density at radius 3 is 2.47 bits per heavy atom. The fraction of sp³-hybridized carbons (Fsp3) is 0.870. The normalized spacial score (nSPS) is 22.9. The summed E-state index contributed by atoms with van der Waals surface area (Å²) in [5.74, 6) is 2.71. The van der Waals surface area contributed by atoms with E-state index in [9.17, 15) is 0 Å². The molecule has 32 heavy (non-hydrogen) atoms. The van der Waals surface area contributed by atoms with E-state index in [0.717, 1.165) is 63.0 Å². The first-order valence-electron chi connectivity index (χ1n) is 12.6. The minimum atomic E-state index is 0.478. The van der Waals surface area contributed by atoms with E-state index in [0.29, 0.717) is 12.6 Å². The van der Waals surface area contributed by atoms with Crippen molar-refractivity contribution in [2.24, 2.45) is 12.0 Å². The molecule has 1 aliphatic carbocycles. The van der Waals surface area contributed by atoms with Crippen molar-refractivity contribution in [2.45, 2.75) is 70.5 Å². The van der Waals surface area contributed by atoms with Crippen LogP contribution in [0.5, 0.6) is 0 Å². The number of morpholine rings is 1. The molecule has 0 spiro atoms. The largest absolute Gasteiger partial charge is 0.379 e. The van der Waals surface area contributed by atoms with Gasteiger partial charge in [-0.05, 0) is 32.6 Å². The molecule has 3 heterocycles. The summed E-state index contributed by atoms with van der Waals surface area (Å²) in [6.07, 6.45) is 9.40. The zero-order valence-corrected chi connectivity index (χ0v) is 20.1. The van der Waals surface area contributed by atoms with Crippen LogP contribution < -0.4 is 10.6 Å². The lowest BCUT2D eigenvalue weighted by molar-refractivity contribution is 0.0389. The molecule has 1 saturated carbocycles. The van der Waals surface area contributed by atoms with E-state index in [1.807, 2.05) is 18.5 Å². The molecule has 2 aliphatic heterocycles. The first kappa shape index (κ1) is 23.4. The van der Waals surface area contributed by atoms with Gasteiger partial charge in [-0.15, -0.1) is 10.2 Å². The van der Waals surface area contributed by atoms with Crippen LogP contribution >= 0.6 is 0 Å².